The molecule has 2 aliphatic rings. The Bertz CT molecular complexity index is 614. The van der Waals surface area contributed by atoms with Gasteiger partial charge in [0, 0.05) is 25.9 Å². The van der Waals surface area contributed by atoms with Crippen molar-refractivity contribution in [3.8, 4) is 0 Å². The minimum absolute atomic E-state index is 0.0956. The number of piperidine rings is 1. The lowest BCUT2D eigenvalue weighted by molar-refractivity contribution is -0.132. The molecule has 2 atom stereocenters. The SMILES string of the molecule is CCc1cnc(CN2CCCC(C3(C)NC(=O)N(C)C3=O)C2)o1. The van der Waals surface area contributed by atoms with E-state index in [0.717, 1.165) is 38.1 Å². The molecule has 3 amide bonds. The first-order chi connectivity index (χ1) is 10.9. The number of carbonyl (C=O) groups is 2. The topological polar surface area (TPSA) is 78.7 Å². The number of hydrogen-bond acceptors (Lipinski definition) is 5. The molecule has 3 heterocycles. The van der Waals surface area contributed by atoms with Gasteiger partial charge in [-0.15, -0.1) is 0 Å². The predicted molar refractivity (Wildman–Crippen MR) is 83.6 cm³/mol. The third kappa shape index (κ3) is 2.85. The molecule has 2 fully saturated rings. The van der Waals surface area contributed by atoms with Gasteiger partial charge in [0.05, 0.1) is 12.7 Å². The van der Waals surface area contributed by atoms with Gasteiger partial charge in [0.25, 0.3) is 5.91 Å². The zero-order chi connectivity index (χ0) is 16.6. The van der Waals surface area contributed by atoms with Crippen LogP contribution in [-0.2, 0) is 17.8 Å². The van der Waals surface area contributed by atoms with E-state index in [1.807, 2.05) is 13.8 Å². The molecule has 1 N–H and O–H groups in total. The Hall–Kier alpha value is -1.89. The van der Waals surface area contributed by atoms with E-state index >= 15 is 0 Å². The molecule has 0 bridgehead atoms. The van der Waals surface area contributed by atoms with Gasteiger partial charge in [0.2, 0.25) is 5.89 Å². The Kier molecular flexibility index (Phi) is 4.14. The highest BCUT2D eigenvalue weighted by molar-refractivity contribution is 6.06. The average Bonchev–Trinajstić information content (AvgIpc) is 3.07. The average molecular weight is 320 g/mol. The molecule has 126 valence electrons. The molecule has 2 saturated heterocycles. The smallest absolute Gasteiger partial charge is 0.324 e. The number of rotatable bonds is 4. The number of urea groups is 1. The lowest BCUT2D eigenvalue weighted by Crippen LogP contribution is -2.55. The zero-order valence-electron chi connectivity index (χ0n) is 14.0. The molecular formula is C16H24N4O3. The third-order valence-corrected chi connectivity index (χ3v) is 5.05. The lowest BCUT2D eigenvalue weighted by Gasteiger charge is -2.39. The zero-order valence-corrected chi connectivity index (χ0v) is 14.0. The summed E-state index contributed by atoms with van der Waals surface area (Å²) >= 11 is 0. The quantitative estimate of drug-likeness (QED) is 0.848. The maximum absolute atomic E-state index is 12.4. The Morgan fingerprint density at radius 3 is 2.87 bits per heavy atom. The molecule has 2 aliphatic heterocycles. The Labute approximate surface area is 136 Å². The van der Waals surface area contributed by atoms with Crippen LogP contribution in [0, 0.1) is 5.92 Å². The van der Waals surface area contributed by atoms with Gasteiger partial charge in [0.1, 0.15) is 11.3 Å². The first kappa shape index (κ1) is 16.0. The van der Waals surface area contributed by atoms with Crippen LogP contribution in [0.25, 0.3) is 0 Å². The van der Waals surface area contributed by atoms with Crippen molar-refractivity contribution in [2.45, 2.75) is 45.2 Å². The summed E-state index contributed by atoms with van der Waals surface area (Å²) in [4.78, 5) is 32.0. The number of nitrogens with one attached hydrogen (secondary N) is 1. The van der Waals surface area contributed by atoms with Crippen molar-refractivity contribution in [3.05, 3.63) is 17.8 Å². The molecule has 1 aromatic rings. The van der Waals surface area contributed by atoms with Gasteiger partial charge < -0.3 is 9.73 Å². The minimum atomic E-state index is -0.810. The fraction of sp³-hybridized carbons (Fsp3) is 0.688. The predicted octanol–water partition coefficient (Wildman–Crippen LogP) is 1.39. The van der Waals surface area contributed by atoms with E-state index in [-0.39, 0.29) is 17.9 Å². The first-order valence-corrected chi connectivity index (χ1v) is 8.20. The second kappa shape index (κ2) is 5.96. The molecule has 7 heteroatoms. The highest BCUT2D eigenvalue weighted by atomic mass is 16.4. The third-order valence-electron chi connectivity index (χ3n) is 5.05. The molecule has 0 radical (unpaired) electrons. The van der Waals surface area contributed by atoms with Crippen molar-refractivity contribution in [2.75, 3.05) is 20.1 Å². The molecular weight excluding hydrogens is 296 g/mol. The van der Waals surface area contributed by atoms with E-state index in [2.05, 4.69) is 15.2 Å². The number of aryl methyl sites for hydroxylation is 1. The fourth-order valence-corrected chi connectivity index (χ4v) is 3.52. The largest absolute Gasteiger partial charge is 0.444 e. The van der Waals surface area contributed by atoms with Crippen LogP contribution in [0.2, 0.25) is 0 Å². The molecule has 3 rings (SSSR count). The number of amides is 3. The van der Waals surface area contributed by atoms with Gasteiger partial charge in [-0.3, -0.25) is 14.6 Å². The number of carbonyl (C=O) groups excluding carboxylic acids is 2. The molecule has 23 heavy (non-hydrogen) atoms. The maximum Gasteiger partial charge on any atom is 0.324 e. The number of likely N-dealkylation sites (tertiary alicyclic amines) is 1. The molecule has 1 aromatic heterocycles. The van der Waals surface area contributed by atoms with Crippen molar-refractivity contribution >= 4 is 11.9 Å². The van der Waals surface area contributed by atoms with Crippen LogP contribution in [-0.4, -0.2) is 52.4 Å². The summed E-state index contributed by atoms with van der Waals surface area (Å²) in [6.45, 7) is 6.22. The molecule has 7 nitrogen and oxygen atoms in total. The normalized spacial score (nSPS) is 29.2. The lowest BCUT2D eigenvalue weighted by atomic mass is 9.80. The highest BCUT2D eigenvalue weighted by Crippen LogP contribution is 2.32. The van der Waals surface area contributed by atoms with Crippen LogP contribution in [0.15, 0.2) is 10.6 Å². The summed E-state index contributed by atoms with van der Waals surface area (Å²) in [5, 5.41) is 2.87. The number of oxazole rings is 1. The Morgan fingerprint density at radius 2 is 2.26 bits per heavy atom. The van der Waals surface area contributed by atoms with Crippen LogP contribution in [0.4, 0.5) is 4.79 Å². The van der Waals surface area contributed by atoms with Crippen molar-refractivity contribution in [2.24, 2.45) is 5.92 Å². The number of imide groups is 1. The minimum Gasteiger partial charge on any atom is -0.444 e. The van der Waals surface area contributed by atoms with E-state index in [0.29, 0.717) is 12.4 Å². The van der Waals surface area contributed by atoms with E-state index in [1.54, 1.807) is 6.20 Å². The van der Waals surface area contributed by atoms with E-state index in [1.165, 1.54) is 11.9 Å². The molecule has 0 saturated carbocycles. The van der Waals surface area contributed by atoms with E-state index < -0.39 is 5.54 Å². The van der Waals surface area contributed by atoms with Crippen LogP contribution in [0.3, 0.4) is 0 Å². The highest BCUT2D eigenvalue weighted by Gasteiger charge is 2.51. The van der Waals surface area contributed by atoms with Gasteiger partial charge in [0.15, 0.2) is 0 Å². The van der Waals surface area contributed by atoms with Crippen LogP contribution >= 0.6 is 0 Å². The van der Waals surface area contributed by atoms with Crippen LogP contribution in [0.1, 0.15) is 38.3 Å². The molecule has 0 spiro atoms. The first-order valence-electron chi connectivity index (χ1n) is 8.20. The second-order valence-corrected chi connectivity index (χ2v) is 6.64. The number of hydrogen-bond donors (Lipinski definition) is 1. The molecule has 0 aliphatic carbocycles. The van der Waals surface area contributed by atoms with Crippen molar-refractivity contribution in [3.63, 3.8) is 0 Å². The van der Waals surface area contributed by atoms with Gasteiger partial charge >= 0.3 is 6.03 Å². The Morgan fingerprint density at radius 1 is 1.48 bits per heavy atom. The monoisotopic (exact) mass is 320 g/mol. The fourth-order valence-electron chi connectivity index (χ4n) is 3.52. The van der Waals surface area contributed by atoms with Crippen molar-refractivity contribution < 1.29 is 14.0 Å². The summed E-state index contributed by atoms with van der Waals surface area (Å²) in [7, 11) is 1.53. The number of nitrogens with zero attached hydrogens (tertiary/aromatic N) is 3. The van der Waals surface area contributed by atoms with Gasteiger partial charge in [-0.2, -0.15) is 0 Å². The van der Waals surface area contributed by atoms with Crippen LogP contribution < -0.4 is 5.32 Å². The second-order valence-electron chi connectivity index (χ2n) is 6.64. The summed E-state index contributed by atoms with van der Waals surface area (Å²) < 4.78 is 5.68. The van der Waals surface area contributed by atoms with Crippen molar-refractivity contribution in [1.29, 1.82) is 0 Å². The van der Waals surface area contributed by atoms with Gasteiger partial charge in [-0.05, 0) is 26.3 Å². The number of aromatic nitrogens is 1. The summed E-state index contributed by atoms with van der Waals surface area (Å²) in [5.41, 5.74) is -0.810. The number of likely N-dealkylation sites (N-methyl/N-ethyl adjacent to an activating group) is 1. The Balaban J connectivity index is 1.68. The standard InChI is InChI=1S/C16H24N4O3/c1-4-12-8-17-13(23-12)10-20-7-5-6-11(9-20)16(2)14(21)19(3)15(22)18-16/h8,11H,4-7,9-10H2,1-3H3,(H,18,22). The van der Waals surface area contributed by atoms with Gasteiger partial charge in [-0.1, -0.05) is 6.92 Å². The van der Waals surface area contributed by atoms with E-state index in [4.69, 9.17) is 4.42 Å². The molecule has 2 unspecified atom stereocenters. The van der Waals surface area contributed by atoms with E-state index in [9.17, 15) is 9.59 Å². The van der Waals surface area contributed by atoms with Gasteiger partial charge in [-0.25, -0.2) is 9.78 Å². The van der Waals surface area contributed by atoms with Crippen LogP contribution in [0.5, 0.6) is 0 Å². The summed E-state index contributed by atoms with van der Waals surface area (Å²) in [6.07, 6.45) is 4.53. The summed E-state index contributed by atoms with van der Waals surface area (Å²) in [6, 6.07) is -0.310. The maximum atomic E-state index is 12.4. The van der Waals surface area contributed by atoms with Crippen molar-refractivity contribution in [1.82, 2.24) is 20.1 Å². The summed E-state index contributed by atoms with van der Waals surface area (Å²) in [5.74, 6) is 1.56. The molecule has 0 aromatic carbocycles.